The molecule has 2 rings (SSSR count). The van der Waals surface area contributed by atoms with E-state index in [-0.39, 0.29) is 17.9 Å². The first-order valence-corrected chi connectivity index (χ1v) is 4.20. The quantitative estimate of drug-likeness (QED) is 0.545. The molecule has 60 valence electrons. The Kier molecular flexibility index (Phi) is 1.64. The van der Waals surface area contributed by atoms with E-state index < -0.39 is 0 Å². The number of carbonyl (C=O) groups excluding carboxylic acids is 1. The summed E-state index contributed by atoms with van der Waals surface area (Å²) in [5.74, 6) is 0.346. The predicted molar refractivity (Wildman–Crippen MR) is 42.4 cm³/mol. The summed E-state index contributed by atoms with van der Waals surface area (Å²) in [7, 11) is 0. The lowest BCUT2D eigenvalue weighted by Crippen LogP contribution is -2.42. The van der Waals surface area contributed by atoms with Crippen LogP contribution < -0.4 is 5.32 Å². The van der Waals surface area contributed by atoms with Gasteiger partial charge in [0.2, 0.25) is 5.91 Å². The highest BCUT2D eigenvalue weighted by Gasteiger charge is 2.31. The zero-order valence-electron chi connectivity index (χ0n) is 6.42. The topological polar surface area (TPSA) is 41.5 Å². The Hall–Kier alpha value is -0.860. The van der Waals surface area contributed by atoms with Crippen LogP contribution in [0.4, 0.5) is 0 Å². The molecule has 0 radical (unpaired) electrons. The van der Waals surface area contributed by atoms with Crippen molar-refractivity contribution in [1.29, 1.82) is 0 Å². The largest absolute Gasteiger partial charge is 0.317 e. The van der Waals surface area contributed by atoms with Crippen LogP contribution in [0, 0.1) is 5.92 Å². The van der Waals surface area contributed by atoms with Gasteiger partial charge in [-0.1, -0.05) is 12.8 Å². The van der Waals surface area contributed by atoms with Gasteiger partial charge < -0.3 is 5.32 Å². The molecular weight excluding hydrogens is 140 g/mol. The number of carbonyl (C=O) groups is 1. The number of amides is 1. The third-order valence-electron chi connectivity index (χ3n) is 2.54. The minimum Gasteiger partial charge on any atom is -0.317 e. The minimum absolute atomic E-state index is 0.171. The maximum atomic E-state index is 11.2. The third-order valence-corrected chi connectivity index (χ3v) is 2.54. The normalized spacial score (nSPS) is 36.2. The molecule has 0 aromatic heterocycles. The SMILES string of the molecule is O=C1NC=N[C@H]2CCCC[C@H]12. The van der Waals surface area contributed by atoms with Crippen molar-refractivity contribution in [3.63, 3.8) is 0 Å². The summed E-state index contributed by atoms with van der Waals surface area (Å²) in [6, 6.07) is 0.289. The van der Waals surface area contributed by atoms with E-state index in [4.69, 9.17) is 0 Å². The maximum absolute atomic E-state index is 11.2. The summed E-state index contributed by atoms with van der Waals surface area (Å²) in [6.07, 6.45) is 6.08. The van der Waals surface area contributed by atoms with Crippen LogP contribution in [0.3, 0.4) is 0 Å². The van der Waals surface area contributed by atoms with Gasteiger partial charge in [-0.15, -0.1) is 0 Å². The van der Waals surface area contributed by atoms with Crippen molar-refractivity contribution in [2.45, 2.75) is 31.7 Å². The molecule has 0 bridgehead atoms. The number of aliphatic imine (C=N–C) groups is 1. The van der Waals surface area contributed by atoms with E-state index in [9.17, 15) is 4.79 Å². The summed E-state index contributed by atoms with van der Waals surface area (Å²) in [4.78, 5) is 15.5. The number of fused-ring (bicyclic) bond motifs is 1. The van der Waals surface area contributed by atoms with Crippen molar-refractivity contribution in [3.05, 3.63) is 0 Å². The Morgan fingerprint density at radius 1 is 1.45 bits per heavy atom. The molecule has 1 aliphatic carbocycles. The number of nitrogens with zero attached hydrogens (tertiary/aromatic N) is 1. The van der Waals surface area contributed by atoms with Crippen LogP contribution in [-0.4, -0.2) is 18.3 Å². The lowest BCUT2D eigenvalue weighted by molar-refractivity contribution is -0.125. The van der Waals surface area contributed by atoms with Crippen LogP contribution >= 0.6 is 0 Å². The second-order valence-electron chi connectivity index (χ2n) is 3.25. The van der Waals surface area contributed by atoms with E-state index in [0.29, 0.717) is 0 Å². The van der Waals surface area contributed by atoms with Crippen LogP contribution in [-0.2, 0) is 4.79 Å². The molecule has 1 aliphatic heterocycles. The smallest absolute Gasteiger partial charge is 0.230 e. The Bertz CT molecular complexity index is 200. The van der Waals surface area contributed by atoms with Crippen LogP contribution in [0.2, 0.25) is 0 Å². The number of hydrogen-bond acceptors (Lipinski definition) is 2. The summed E-state index contributed by atoms with van der Waals surface area (Å²) in [5.41, 5.74) is 0. The Labute approximate surface area is 65.9 Å². The summed E-state index contributed by atoms with van der Waals surface area (Å²) in [5, 5.41) is 2.65. The Morgan fingerprint density at radius 2 is 2.27 bits per heavy atom. The number of rotatable bonds is 0. The second-order valence-corrected chi connectivity index (χ2v) is 3.25. The van der Waals surface area contributed by atoms with Crippen molar-refractivity contribution in [2.24, 2.45) is 10.9 Å². The fourth-order valence-electron chi connectivity index (χ4n) is 1.90. The van der Waals surface area contributed by atoms with E-state index in [1.54, 1.807) is 6.34 Å². The van der Waals surface area contributed by atoms with Gasteiger partial charge >= 0.3 is 0 Å². The molecule has 0 aromatic rings. The van der Waals surface area contributed by atoms with Crippen LogP contribution in [0.25, 0.3) is 0 Å². The van der Waals surface area contributed by atoms with Gasteiger partial charge in [0.15, 0.2) is 0 Å². The molecule has 1 N–H and O–H groups in total. The monoisotopic (exact) mass is 152 g/mol. The summed E-state index contributed by atoms with van der Waals surface area (Å²) >= 11 is 0. The first-order chi connectivity index (χ1) is 5.38. The zero-order valence-corrected chi connectivity index (χ0v) is 6.42. The van der Waals surface area contributed by atoms with Crippen molar-refractivity contribution in [3.8, 4) is 0 Å². The van der Waals surface area contributed by atoms with E-state index in [2.05, 4.69) is 10.3 Å². The molecule has 1 amide bonds. The average molecular weight is 152 g/mol. The molecule has 0 spiro atoms. The molecule has 2 aliphatic rings. The maximum Gasteiger partial charge on any atom is 0.230 e. The van der Waals surface area contributed by atoms with Crippen LogP contribution in [0.5, 0.6) is 0 Å². The first-order valence-electron chi connectivity index (χ1n) is 4.20. The highest BCUT2D eigenvalue weighted by atomic mass is 16.2. The van der Waals surface area contributed by atoms with E-state index in [1.807, 2.05) is 0 Å². The van der Waals surface area contributed by atoms with Crippen molar-refractivity contribution < 1.29 is 4.79 Å². The van der Waals surface area contributed by atoms with Gasteiger partial charge in [-0.2, -0.15) is 0 Å². The molecule has 0 saturated heterocycles. The molecule has 3 nitrogen and oxygen atoms in total. The van der Waals surface area contributed by atoms with E-state index >= 15 is 0 Å². The molecular formula is C8H12N2O. The lowest BCUT2D eigenvalue weighted by Gasteiger charge is -2.29. The van der Waals surface area contributed by atoms with Gasteiger partial charge in [0.25, 0.3) is 0 Å². The molecule has 1 fully saturated rings. The number of hydrogen-bond donors (Lipinski definition) is 1. The molecule has 0 aromatic carbocycles. The van der Waals surface area contributed by atoms with Gasteiger partial charge in [-0.25, -0.2) is 0 Å². The molecule has 11 heavy (non-hydrogen) atoms. The van der Waals surface area contributed by atoms with Gasteiger partial charge in [-0.3, -0.25) is 9.79 Å². The van der Waals surface area contributed by atoms with E-state index in [0.717, 1.165) is 12.8 Å². The highest BCUT2D eigenvalue weighted by molar-refractivity contribution is 5.91. The molecule has 0 unspecified atom stereocenters. The minimum atomic E-state index is 0.171. The molecule has 1 saturated carbocycles. The average Bonchev–Trinajstić information content (AvgIpc) is 2.06. The van der Waals surface area contributed by atoms with Gasteiger partial charge in [0, 0.05) is 0 Å². The van der Waals surface area contributed by atoms with Crippen molar-refractivity contribution in [1.82, 2.24) is 5.32 Å². The van der Waals surface area contributed by atoms with Crippen molar-refractivity contribution >= 4 is 12.2 Å². The standard InChI is InChI=1S/C8H12N2O/c11-8-6-3-1-2-4-7(6)9-5-10-8/h5-7H,1-4H2,(H,9,10,11)/t6-,7-/m0/s1. The fourth-order valence-corrected chi connectivity index (χ4v) is 1.90. The van der Waals surface area contributed by atoms with E-state index in [1.165, 1.54) is 12.8 Å². The Morgan fingerprint density at radius 3 is 3.09 bits per heavy atom. The second kappa shape index (κ2) is 2.64. The number of nitrogens with one attached hydrogen (secondary N) is 1. The first kappa shape index (κ1) is 6.83. The third kappa shape index (κ3) is 1.15. The molecule has 1 heterocycles. The zero-order chi connectivity index (χ0) is 7.68. The predicted octanol–water partition coefficient (Wildman–Crippen LogP) is 0.703. The highest BCUT2D eigenvalue weighted by Crippen LogP contribution is 2.27. The lowest BCUT2D eigenvalue weighted by atomic mass is 9.84. The van der Waals surface area contributed by atoms with Gasteiger partial charge in [-0.05, 0) is 12.8 Å². The van der Waals surface area contributed by atoms with Crippen LogP contribution in [0.1, 0.15) is 25.7 Å². The summed E-state index contributed by atoms with van der Waals surface area (Å²) < 4.78 is 0. The fraction of sp³-hybridized carbons (Fsp3) is 0.750. The molecule has 2 atom stereocenters. The van der Waals surface area contributed by atoms with Gasteiger partial charge in [0.1, 0.15) is 0 Å². The van der Waals surface area contributed by atoms with Gasteiger partial charge in [0.05, 0.1) is 18.3 Å². The van der Waals surface area contributed by atoms with Crippen molar-refractivity contribution in [2.75, 3.05) is 0 Å². The van der Waals surface area contributed by atoms with Crippen LogP contribution in [0.15, 0.2) is 4.99 Å². The Balaban J connectivity index is 2.15. The molecule has 3 heteroatoms. The summed E-state index contributed by atoms with van der Waals surface area (Å²) in [6.45, 7) is 0.